The molecule has 0 bridgehead atoms. The van der Waals surface area contributed by atoms with Crippen LogP contribution >= 0.6 is 0 Å². The molecule has 0 radical (unpaired) electrons. The van der Waals surface area contributed by atoms with Crippen LogP contribution in [0.2, 0.25) is 0 Å². The first-order valence-electron chi connectivity index (χ1n) is 11.4. The lowest BCUT2D eigenvalue weighted by atomic mass is 9.69. The molecule has 3 heterocycles. The Bertz CT molecular complexity index is 718. The number of carbonyl (C=O) groups is 2. The van der Waals surface area contributed by atoms with Gasteiger partial charge in [0, 0.05) is 44.7 Å². The molecule has 0 aliphatic carbocycles. The summed E-state index contributed by atoms with van der Waals surface area (Å²) in [6.45, 7) is 3.31. The Balaban J connectivity index is 1.56. The van der Waals surface area contributed by atoms with Gasteiger partial charge in [-0.15, -0.1) is 0 Å². The van der Waals surface area contributed by atoms with Crippen LogP contribution < -0.4 is 0 Å². The summed E-state index contributed by atoms with van der Waals surface area (Å²) in [5.41, 5.74) is 0.795. The van der Waals surface area contributed by atoms with Crippen molar-refractivity contribution in [3.8, 4) is 0 Å². The molecule has 2 amide bonds. The molecule has 0 unspecified atom stereocenters. The van der Waals surface area contributed by atoms with Crippen molar-refractivity contribution < 1.29 is 9.59 Å². The van der Waals surface area contributed by atoms with Gasteiger partial charge in [-0.1, -0.05) is 18.2 Å². The van der Waals surface area contributed by atoms with Crippen LogP contribution in [0.25, 0.3) is 0 Å². The largest absolute Gasteiger partial charge is 0.349 e. The van der Waals surface area contributed by atoms with Crippen molar-refractivity contribution in [2.24, 2.45) is 11.8 Å². The average molecular weight is 398 g/mol. The fourth-order valence-electron chi connectivity index (χ4n) is 6.03. The monoisotopic (exact) mass is 397 g/mol. The Morgan fingerprint density at radius 3 is 2.52 bits per heavy atom. The summed E-state index contributed by atoms with van der Waals surface area (Å²) in [6, 6.07) is 10.6. The molecular formula is C24H35N3O2. The Morgan fingerprint density at radius 1 is 1.07 bits per heavy atom. The smallest absolute Gasteiger partial charge is 0.254 e. The molecule has 5 nitrogen and oxygen atoms in total. The van der Waals surface area contributed by atoms with Crippen LogP contribution in [0, 0.1) is 11.8 Å². The maximum atomic E-state index is 13.5. The maximum absolute atomic E-state index is 13.5. The summed E-state index contributed by atoms with van der Waals surface area (Å²) in [4.78, 5) is 32.2. The number of nitrogens with zero attached hydrogens (tertiary/aromatic N) is 3. The van der Waals surface area contributed by atoms with E-state index in [2.05, 4.69) is 9.80 Å². The minimum Gasteiger partial charge on any atom is -0.349 e. The van der Waals surface area contributed by atoms with E-state index in [9.17, 15) is 9.59 Å². The van der Waals surface area contributed by atoms with Gasteiger partial charge in [-0.3, -0.25) is 14.5 Å². The van der Waals surface area contributed by atoms with Crippen molar-refractivity contribution in [1.29, 1.82) is 0 Å². The molecule has 4 rings (SSSR count). The van der Waals surface area contributed by atoms with Gasteiger partial charge in [-0.2, -0.15) is 0 Å². The maximum Gasteiger partial charge on any atom is 0.254 e. The third kappa shape index (κ3) is 4.20. The summed E-state index contributed by atoms with van der Waals surface area (Å²) in [7, 11) is 3.64. The lowest BCUT2D eigenvalue weighted by Crippen LogP contribution is -2.65. The summed E-state index contributed by atoms with van der Waals surface area (Å²) in [5, 5.41) is 0. The minimum absolute atomic E-state index is 0.177. The number of rotatable bonds is 5. The Labute approximate surface area is 175 Å². The number of amides is 2. The van der Waals surface area contributed by atoms with Gasteiger partial charge in [0.1, 0.15) is 0 Å². The Hall–Kier alpha value is -1.88. The van der Waals surface area contributed by atoms with E-state index in [1.165, 1.54) is 38.8 Å². The van der Waals surface area contributed by atoms with Crippen molar-refractivity contribution >= 4 is 11.8 Å². The predicted molar refractivity (Wildman–Crippen MR) is 115 cm³/mol. The van der Waals surface area contributed by atoms with Gasteiger partial charge in [0.25, 0.3) is 5.91 Å². The molecule has 1 aromatic carbocycles. The quantitative estimate of drug-likeness (QED) is 0.766. The van der Waals surface area contributed by atoms with E-state index >= 15 is 0 Å². The van der Waals surface area contributed by atoms with E-state index in [4.69, 9.17) is 0 Å². The topological polar surface area (TPSA) is 43.9 Å². The zero-order valence-corrected chi connectivity index (χ0v) is 17.9. The van der Waals surface area contributed by atoms with Crippen LogP contribution in [0.15, 0.2) is 30.3 Å². The van der Waals surface area contributed by atoms with E-state index in [1.54, 1.807) is 4.90 Å². The van der Waals surface area contributed by atoms with Gasteiger partial charge < -0.3 is 9.80 Å². The SMILES string of the molecule is CN(C)C(=O)CCC[C@@H]1[C@H]2CCCN3CCC[C@@H](CN1C(=O)c1ccccc1)[C@@H]23. The second kappa shape index (κ2) is 8.86. The highest BCUT2D eigenvalue weighted by Gasteiger charge is 2.49. The highest BCUT2D eigenvalue weighted by Crippen LogP contribution is 2.43. The summed E-state index contributed by atoms with van der Waals surface area (Å²) in [6.07, 6.45) is 7.29. The summed E-state index contributed by atoms with van der Waals surface area (Å²) >= 11 is 0. The van der Waals surface area contributed by atoms with Gasteiger partial charge >= 0.3 is 0 Å². The number of carbonyl (C=O) groups excluding carboxylic acids is 2. The van der Waals surface area contributed by atoms with Crippen molar-refractivity contribution in [3.05, 3.63) is 35.9 Å². The van der Waals surface area contributed by atoms with Crippen LogP contribution in [0.1, 0.15) is 55.3 Å². The fourth-order valence-corrected chi connectivity index (χ4v) is 6.03. The van der Waals surface area contributed by atoms with E-state index in [1.807, 2.05) is 44.4 Å². The normalized spacial score (nSPS) is 29.2. The van der Waals surface area contributed by atoms with Gasteiger partial charge in [-0.05, 0) is 75.6 Å². The molecular weight excluding hydrogens is 362 g/mol. The van der Waals surface area contributed by atoms with Crippen molar-refractivity contribution in [1.82, 2.24) is 14.7 Å². The Kier molecular flexibility index (Phi) is 6.23. The first kappa shape index (κ1) is 20.4. The van der Waals surface area contributed by atoms with Gasteiger partial charge in [0.2, 0.25) is 5.91 Å². The third-order valence-corrected chi connectivity index (χ3v) is 7.34. The van der Waals surface area contributed by atoms with Crippen molar-refractivity contribution in [2.75, 3.05) is 33.7 Å². The van der Waals surface area contributed by atoms with Gasteiger partial charge in [0.15, 0.2) is 0 Å². The first-order valence-corrected chi connectivity index (χ1v) is 11.4. The average Bonchev–Trinajstić information content (AvgIpc) is 2.75. The standard InChI is InChI=1S/C24H35N3O2/c1-25(2)22(28)14-6-13-21-20-12-8-16-26-15-7-11-19(23(20)26)17-27(21)24(29)18-9-4-3-5-10-18/h3-5,9-10,19-21,23H,6-8,11-17H2,1-2H3/t19-,20+,21+,23-/m0/s1. The van der Waals surface area contributed by atoms with E-state index < -0.39 is 0 Å². The fraction of sp³-hybridized carbons (Fsp3) is 0.667. The van der Waals surface area contributed by atoms with Crippen molar-refractivity contribution in [2.45, 2.75) is 57.0 Å². The number of hydrogen-bond donors (Lipinski definition) is 0. The highest BCUT2D eigenvalue weighted by atomic mass is 16.2. The number of piperidine rings is 3. The molecule has 3 aliphatic rings. The zero-order valence-electron chi connectivity index (χ0n) is 17.9. The lowest BCUT2D eigenvalue weighted by molar-refractivity contribution is -0.129. The molecule has 158 valence electrons. The minimum atomic E-state index is 0.177. The van der Waals surface area contributed by atoms with Crippen molar-refractivity contribution in [3.63, 3.8) is 0 Å². The molecule has 0 aromatic heterocycles. The lowest BCUT2D eigenvalue weighted by Gasteiger charge is -2.57. The highest BCUT2D eigenvalue weighted by molar-refractivity contribution is 5.94. The molecule has 1 aromatic rings. The van der Waals surface area contributed by atoms with E-state index in [0.717, 1.165) is 24.9 Å². The Morgan fingerprint density at radius 2 is 1.79 bits per heavy atom. The molecule has 4 atom stereocenters. The number of benzene rings is 1. The molecule has 0 spiro atoms. The third-order valence-electron chi connectivity index (χ3n) is 7.34. The predicted octanol–water partition coefficient (Wildman–Crippen LogP) is 3.26. The van der Waals surface area contributed by atoms with Crippen LogP contribution in [0.3, 0.4) is 0 Å². The molecule has 5 heteroatoms. The summed E-state index contributed by atoms with van der Waals surface area (Å²) in [5.74, 6) is 1.50. The summed E-state index contributed by atoms with van der Waals surface area (Å²) < 4.78 is 0. The molecule has 29 heavy (non-hydrogen) atoms. The molecule has 3 aliphatic heterocycles. The molecule has 3 fully saturated rings. The number of likely N-dealkylation sites (tertiary alicyclic amines) is 1. The van der Waals surface area contributed by atoms with Crippen LogP contribution in [0.5, 0.6) is 0 Å². The molecule has 0 N–H and O–H groups in total. The second-order valence-electron chi connectivity index (χ2n) is 9.31. The van der Waals surface area contributed by atoms with Crippen LogP contribution in [0.4, 0.5) is 0 Å². The molecule has 0 saturated carbocycles. The first-order chi connectivity index (χ1) is 14.1. The number of hydrogen-bond acceptors (Lipinski definition) is 3. The van der Waals surface area contributed by atoms with Gasteiger partial charge in [-0.25, -0.2) is 0 Å². The van der Waals surface area contributed by atoms with Crippen LogP contribution in [-0.2, 0) is 4.79 Å². The second-order valence-corrected chi connectivity index (χ2v) is 9.31. The molecule has 3 saturated heterocycles. The van der Waals surface area contributed by atoms with E-state index in [-0.39, 0.29) is 17.9 Å². The van der Waals surface area contributed by atoms with Gasteiger partial charge in [0.05, 0.1) is 0 Å². The van der Waals surface area contributed by atoms with E-state index in [0.29, 0.717) is 24.3 Å². The zero-order chi connectivity index (χ0) is 20.4. The van der Waals surface area contributed by atoms with Crippen LogP contribution in [-0.4, -0.2) is 72.3 Å².